The van der Waals surface area contributed by atoms with Gasteiger partial charge in [0, 0.05) is 32.7 Å². The van der Waals surface area contributed by atoms with Crippen molar-refractivity contribution in [3.63, 3.8) is 0 Å². The predicted molar refractivity (Wildman–Crippen MR) is 111 cm³/mol. The maximum absolute atomic E-state index is 12.7. The van der Waals surface area contributed by atoms with Crippen LogP contribution in [0.4, 0.5) is 0 Å². The summed E-state index contributed by atoms with van der Waals surface area (Å²) in [4.78, 5) is 33.6. The van der Waals surface area contributed by atoms with Gasteiger partial charge in [-0.2, -0.15) is 0 Å². The summed E-state index contributed by atoms with van der Waals surface area (Å²) in [6.07, 6.45) is 0.704. The molecule has 3 rings (SSSR count). The number of nitrogens with one attached hydrogen (secondary N) is 1. The van der Waals surface area contributed by atoms with Gasteiger partial charge < -0.3 is 19.9 Å². The number of benzene rings is 1. The van der Waals surface area contributed by atoms with Crippen molar-refractivity contribution in [2.24, 2.45) is 0 Å². The number of pyridine rings is 1. The average Bonchev–Trinajstić information content (AvgIpc) is 2.79. The van der Waals surface area contributed by atoms with Crippen LogP contribution in [0.2, 0.25) is 0 Å². The van der Waals surface area contributed by atoms with Crippen molar-refractivity contribution in [2.75, 3.05) is 46.4 Å². The second-order valence-corrected chi connectivity index (χ2v) is 6.99. The molecule has 0 unspecified atom stereocenters. The molecule has 0 aliphatic carbocycles. The number of piperazine rings is 1. The largest absolute Gasteiger partial charge is 0.497 e. The number of ether oxygens (including phenoxy) is 1. The van der Waals surface area contributed by atoms with E-state index >= 15 is 0 Å². The van der Waals surface area contributed by atoms with Crippen LogP contribution in [0.25, 0.3) is 0 Å². The van der Waals surface area contributed by atoms with Crippen LogP contribution in [0.5, 0.6) is 5.75 Å². The standard InChI is InChI=1S/C22H28N4O3/c1-3-25-13-15-26(16-14-25)22(28)20-6-4-5-19(24-20)21(27)23-12-11-17-7-9-18(29-2)10-8-17/h4-10H,3,11-16H2,1-2H3,(H,23,27). The Morgan fingerprint density at radius 3 is 2.38 bits per heavy atom. The highest BCUT2D eigenvalue weighted by Crippen LogP contribution is 2.11. The smallest absolute Gasteiger partial charge is 0.272 e. The molecule has 7 nitrogen and oxygen atoms in total. The number of rotatable bonds is 7. The van der Waals surface area contributed by atoms with Gasteiger partial charge >= 0.3 is 0 Å². The van der Waals surface area contributed by atoms with Crippen molar-refractivity contribution in [3.8, 4) is 5.75 Å². The SMILES string of the molecule is CCN1CCN(C(=O)c2cccc(C(=O)NCCc3ccc(OC)cc3)n2)CC1. The van der Waals surface area contributed by atoms with E-state index in [0.717, 1.165) is 30.9 Å². The molecular weight excluding hydrogens is 368 g/mol. The number of amides is 2. The van der Waals surface area contributed by atoms with Crippen LogP contribution in [-0.2, 0) is 6.42 Å². The lowest BCUT2D eigenvalue weighted by Crippen LogP contribution is -2.48. The van der Waals surface area contributed by atoms with Gasteiger partial charge in [-0.05, 0) is 42.8 Å². The van der Waals surface area contributed by atoms with Crippen LogP contribution in [0.1, 0.15) is 33.5 Å². The van der Waals surface area contributed by atoms with Crippen LogP contribution in [0.3, 0.4) is 0 Å². The molecule has 1 aliphatic rings. The lowest BCUT2D eigenvalue weighted by atomic mass is 10.1. The summed E-state index contributed by atoms with van der Waals surface area (Å²) in [5.41, 5.74) is 1.68. The third kappa shape index (κ3) is 5.54. The molecule has 1 N–H and O–H groups in total. The monoisotopic (exact) mass is 396 g/mol. The van der Waals surface area contributed by atoms with Crippen LogP contribution in [-0.4, -0.2) is 73.0 Å². The van der Waals surface area contributed by atoms with Gasteiger partial charge in [0.25, 0.3) is 11.8 Å². The number of likely N-dealkylation sites (N-methyl/N-ethyl adjacent to an activating group) is 1. The highest BCUT2D eigenvalue weighted by Gasteiger charge is 2.22. The summed E-state index contributed by atoms with van der Waals surface area (Å²) in [6.45, 7) is 6.72. The molecule has 1 saturated heterocycles. The van der Waals surface area contributed by atoms with Crippen LogP contribution >= 0.6 is 0 Å². The number of aromatic nitrogens is 1. The zero-order valence-corrected chi connectivity index (χ0v) is 17.1. The minimum Gasteiger partial charge on any atom is -0.497 e. The molecule has 0 saturated carbocycles. The first-order valence-electron chi connectivity index (χ1n) is 10.0. The normalized spacial score (nSPS) is 14.5. The van der Waals surface area contributed by atoms with Crippen molar-refractivity contribution in [1.29, 1.82) is 0 Å². The molecule has 154 valence electrons. The van der Waals surface area contributed by atoms with E-state index in [2.05, 4.69) is 22.1 Å². The first kappa shape index (κ1) is 20.8. The molecule has 29 heavy (non-hydrogen) atoms. The van der Waals surface area contributed by atoms with Gasteiger partial charge in [0.15, 0.2) is 0 Å². The van der Waals surface area contributed by atoms with Gasteiger partial charge in [0.1, 0.15) is 17.1 Å². The van der Waals surface area contributed by atoms with Crippen molar-refractivity contribution >= 4 is 11.8 Å². The second-order valence-electron chi connectivity index (χ2n) is 6.99. The molecule has 0 bridgehead atoms. The van der Waals surface area contributed by atoms with Gasteiger partial charge in [0.2, 0.25) is 0 Å². The molecule has 1 fully saturated rings. The summed E-state index contributed by atoms with van der Waals surface area (Å²) < 4.78 is 5.14. The highest BCUT2D eigenvalue weighted by molar-refractivity contribution is 5.96. The molecule has 1 aromatic carbocycles. The fourth-order valence-electron chi connectivity index (χ4n) is 3.31. The molecule has 7 heteroatoms. The van der Waals surface area contributed by atoms with E-state index in [4.69, 9.17) is 4.74 Å². The maximum Gasteiger partial charge on any atom is 0.272 e. The molecule has 2 amide bonds. The van der Waals surface area contributed by atoms with E-state index in [0.29, 0.717) is 31.7 Å². The summed E-state index contributed by atoms with van der Waals surface area (Å²) >= 11 is 0. The Hall–Kier alpha value is -2.93. The molecule has 0 spiro atoms. The highest BCUT2D eigenvalue weighted by atomic mass is 16.5. The van der Waals surface area contributed by atoms with Crippen molar-refractivity contribution in [2.45, 2.75) is 13.3 Å². The van der Waals surface area contributed by atoms with Crippen molar-refractivity contribution < 1.29 is 14.3 Å². The van der Waals surface area contributed by atoms with Crippen molar-refractivity contribution in [1.82, 2.24) is 20.1 Å². The zero-order valence-electron chi connectivity index (χ0n) is 17.1. The molecule has 0 radical (unpaired) electrons. The zero-order chi connectivity index (χ0) is 20.6. The Labute approximate surface area is 171 Å². The van der Waals surface area contributed by atoms with Crippen LogP contribution in [0.15, 0.2) is 42.5 Å². The minimum atomic E-state index is -0.274. The van der Waals surface area contributed by atoms with E-state index < -0.39 is 0 Å². The molecule has 2 heterocycles. The number of carbonyl (C=O) groups excluding carboxylic acids is 2. The lowest BCUT2D eigenvalue weighted by molar-refractivity contribution is 0.0637. The number of nitrogens with zero attached hydrogens (tertiary/aromatic N) is 3. The van der Waals surface area contributed by atoms with E-state index in [-0.39, 0.29) is 17.5 Å². The Bertz CT molecular complexity index is 830. The Kier molecular flexibility index (Phi) is 7.19. The third-order valence-electron chi connectivity index (χ3n) is 5.17. The average molecular weight is 396 g/mol. The third-order valence-corrected chi connectivity index (χ3v) is 5.17. The van der Waals surface area contributed by atoms with Crippen molar-refractivity contribution in [3.05, 3.63) is 59.4 Å². The Morgan fingerprint density at radius 2 is 1.72 bits per heavy atom. The first-order valence-corrected chi connectivity index (χ1v) is 10.0. The Balaban J connectivity index is 1.54. The van der Waals surface area contributed by atoms with E-state index in [9.17, 15) is 9.59 Å². The fraction of sp³-hybridized carbons (Fsp3) is 0.409. The topological polar surface area (TPSA) is 74.8 Å². The maximum atomic E-state index is 12.7. The summed E-state index contributed by atoms with van der Waals surface area (Å²) in [5, 5.41) is 2.87. The van der Waals surface area contributed by atoms with Crippen LogP contribution < -0.4 is 10.1 Å². The van der Waals surface area contributed by atoms with E-state index in [1.165, 1.54) is 0 Å². The molecule has 0 atom stereocenters. The number of hydrogen-bond donors (Lipinski definition) is 1. The minimum absolute atomic E-state index is 0.117. The van der Waals surface area contributed by atoms with Gasteiger partial charge in [-0.3, -0.25) is 9.59 Å². The number of methoxy groups -OCH3 is 1. The number of carbonyl (C=O) groups is 2. The fourth-order valence-corrected chi connectivity index (χ4v) is 3.31. The molecule has 1 aromatic heterocycles. The predicted octanol–water partition coefficient (Wildman–Crippen LogP) is 1.84. The van der Waals surface area contributed by atoms with Gasteiger partial charge in [-0.15, -0.1) is 0 Å². The van der Waals surface area contributed by atoms with E-state index in [1.54, 1.807) is 30.2 Å². The molecule has 1 aliphatic heterocycles. The quantitative estimate of drug-likeness (QED) is 0.773. The lowest BCUT2D eigenvalue weighted by Gasteiger charge is -2.33. The second kappa shape index (κ2) is 10.0. The number of hydrogen-bond acceptors (Lipinski definition) is 5. The summed E-state index contributed by atoms with van der Waals surface area (Å²) in [6, 6.07) is 12.8. The summed E-state index contributed by atoms with van der Waals surface area (Å²) in [5.74, 6) is 0.414. The van der Waals surface area contributed by atoms with Crippen LogP contribution in [0, 0.1) is 0 Å². The van der Waals surface area contributed by atoms with E-state index in [1.807, 2.05) is 24.3 Å². The summed E-state index contributed by atoms with van der Waals surface area (Å²) in [7, 11) is 1.63. The first-order chi connectivity index (χ1) is 14.1. The molecular formula is C22H28N4O3. The Morgan fingerprint density at radius 1 is 1.03 bits per heavy atom. The van der Waals surface area contributed by atoms with Gasteiger partial charge in [-0.25, -0.2) is 4.98 Å². The van der Waals surface area contributed by atoms with Gasteiger partial charge in [0.05, 0.1) is 7.11 Å². The van der Waals surface area contributed by atoms with Gasteiger partial charge in [-0.1, -0.05) is 25.1 Å². The molecule has 2 aromatic rings.